The van der Waals surface area contributed by atoms with E-state index in [1.165, 1.54) is 0 Å². The Hall–Kier alpha value is -3.50. The van der Waals surface area contributed by atoms with Crippen molar-refractivity contribution >= 4 is 29.1 Å². The van der Waals surface area contributed by atoms with Crippen molar-refractivity contribution in [1.29, 1.82) is 0 Å². The molecule has 2 saturated heterocycles. The zero-order chi connectivity index (χ0) is 23.3. The first kappa shape index (κ1) is 21.1. The Morgan fingerprint density at radius 3 is 2.74 bits per heavy atom. The van der Waals surface area contributed by atoms with E-state index in [9.17, 15) is 0 Å². The van der Waals surface area contributed by atoms with Gasteiger partial charge in [0.05, 0.1) is 23.3 Å². The molecule has 2 aromatic rings. The van der Waals surface area contributed by atoms with Crippen LogP contribution in [-0.2, 0) is 4.84 Å². The summed E-state index contributed by atoms with van der Waals surface area (Å²) in [5.74, 6) is 1.51. The van der Waals surface area contributed by atoms with Crippen molar-refractivity contribution in [2.24, 2.45) is 4.99 Å². The van der Waals surface area contributed by atoms with Crippen LogP contribution < -0.4 is 30.7 Å². The second-order valence-electron chi connectivity index (χ2n) is 9.23. The zero-order valence-electron chi connectivity index (χ0n) is 19.7. The van der Waals surface area contributed by atoms with Gasteiger partial charge in [0, 0.05) is 44.0 Å². The number of hydrogen-bond acceptors (Lipinski definition) is 10. The summed E-state index contributed by atoms with van der Waals surface area (Å²) in [5.41, 5.74) is 6.72. The van der Waals surface area contributed by atoms with Crippen LogP contribution in [0.2, 0.25) is 0 Å². The van der Waals surface area contributed by atoms with Gasteiger partial charge in [-0.15, -0.1) is 0 Å². The van der Waals surface area contributed by atoms with E-state index in [0.717, 1.165) is 66.2 Å². The van der Waals surface area contributed by atoms with E-state index >= 15 is 0 Å². The number of fused-ring (bicyclic) bond motifs is 3. The maximum atomic E-state index is 6.02. The number of pyridine rings is 1. The SMILES string of the molecule is CC1=C2NOC(Nc3ccc(N4CCN(C(C)C)CC4)nc3)(N=C1)N2c1ccc2c(c1)NCO2. The summed E-state index contributed by atoms with van der Waals surface area (Å²) in [5, 5.41) is 6.69. The highest BCUT2D eigenvalue weighted by molar-refractivity contribution is 5.85. The highest BCUT2D eigenvalue weighted by Crippen LogP contribution is 2.42. The number of nitrogens with zero attached hydrogens (tertiary/aromatic N) is 5. The van der Waals surface area contributed by atoms with Crippen LogP contribution in [0.4, 0.5) is 22.9 Å². The predicted octanol–water partition coefficient (Wildman–Crippen LogP) is 2.75. The number of aromatic nitrogens is 1. The number of rotatable bonds is 5. The third-order valence-electron chi connectivity index (χ3n) is 6.76. The molecular weight excluding hydrogens is 432 g/mol. The van der Waals surface area contributed by atoms with Gasteiger partial charge in [-0.05, 0) is 51.1 Å². The van der Waals surface area contributed by atoms with Gasteiger partial charge in [-0.1, -0.05) is 0 Å². The average molecular weight is 463 g/mol. The monoisotopic (exact) mass is 462 g/mol. The Morgan fingerprint density at radius 2 is 1.97 bits per heavy atom. The van der Waals surface area contributed by atoms with Crippen molar-refractivity contribution in [1.82, 2.24) is 15.4 Å². The number of allylic oxidation sites excluding steroid dienone is 1. The first-order chi connectivity index (χ1) is 16.5. The number of aliphatic imine (C=N–C) groups is 1. The Labute approximate surface area is 199 Å². The Morgan fingerprint density at radius 1 is 1.12 bits per heavy atom. The fourth-order valence-electron chi connectivity index (χ4n) is 4.78. The molecule has 4 aliphatic heterocycles. The molecule has 0 radical (unpaired) electrons. The molecular formula is C24H30N8O2. The molecule has 178 valence electrons. The first-order valence-electron chi connectivity index (χ1n) is 11.8. The molecule has 1 unspecified atom stereocenters. The van der Waals surface area contributed by atoms with Crippen molar-refractivity contribution in [3.63, 3.8) is 0 Å². The molecule has 5 heterocycles. The second kappa shape index (κ2) is 8.07. The van der Waals surface area contributed by atoms with E-state index in [1.807, 2.05) is 48.5 Å². The quantitative estimate of drug-likeness (QED) is 0.621. The van der Waals surface area contributed by atoms with Crippen molar-refractivity contribution in [3.05, 3.63) is 47.9 Å². The molecule has 2 bridgehead atoms. The van der Waals surface area contributed by atoms with E-state index in [4.69, 9.17) is 19.6 Å². The molecule has 10 nitrogen and oxygen atoms in total. The molecule has 10 heteroatoms. The summed E-state index contributed by atoms with van der Waals surface area (Å²) >= 11 is 0. The molecule has 0 amide bonds. The summed E-state index contributed by atoms with van der Waals surface area (Å²) < 4.78 is 5.58. The fraction of sp³-hybridized carbons (Fsp3) is 0.417. The molecule has 6 rings (SSSR count). The number of hydrogen-bond donors (Lipinski definition) is 3. The van der Waals surface area contributed by atoms with Gasteiger partial charge in [-0.25, -0.2) is 20.3 Å². The lowest BCUT2D eigenvalue weighted by atomic mass is 10.2. The highest BCUT2D eigenvalue weighted by Gasteiger charge is 2.49. The number of benzene rings is 1. The Bertz CT molecular complexity index is 1140. The van der Waals surface area contributed by atoms with Gasteiger partial charge < -0.3 is 20.3 Å². The number of nitrogens with one attached hydrogen (secondary N) is 3. The molecule has 2 fully saturated rings. The van der Waals surface area contributed by atoms with Crippen LogP contribution in [0, 0.1) is 0 Å². The molecule has 3 N–H and O–H groups in total. The van der Waals surface area contributed by atoms with Crippen LogP contribution in [0.1, 0.15) is 20.8 Å². The van der Waals surface area contributed by atoms with E-state index in [1.54, 1.807) is 0 Å². The van der Waals surface area contributed by atoms with Gasteiger partial charge in [0.2, 0.25) is 0 Å². The first-order valence-corrected chi connectivity index (χ1v) is 11.8. The van der Waals surface area contributed by atoms with Gasteiger partial charge in [0.1, 0.15) is 17.4 Å². The summed E-state index contributed by atoms with van der Waals surface area (Å²) in [6.07, 6.45) is 3.67. The van der Waals surface area contributed by atoms with Gasteiger partial charge in [-0.2, -0.15) is 0 Å². The van der Waals surface area contributed by atoms with E-state index in [-0.39, 0.29) is 0 Å². The lowest BCUT2D eigenvalue weighted by molar-refractivity contribution is -0.0214. The molecule has 4 aliphatic rings. The highest BCUT2D eigenvalue weighted by atomic mass is 16.7. The number of piperazine rings is 1. The minimum Gasteiger partial charge on any atom is -0.471 e. The third kappa shape index (κ3) is 3.50. The molecule has 0 saturated carbocycles. The predicted molar refractivity (Wildman–Crippen MR) is 133 cm³/mol. The molecule has 0 aliphatic carbocycles. The average Bonchev–Trinajstić information content (AvgIpc) is 3.44. The smallest absolute Gasteiger partial charge is 0.351 e. The van der Waals surface area contributed by atoms with E-state index in [2.05, 4.69) is 45.8 Å². The van der Waals surface area contributed by atoms with E-state index < -0.39 is 5.97 Å². The largest absolute Gasteiger partial charge is 0.471 e. The van der Waals surface area contributed by atoms with Crippen LogP contribution >= 0.6 is 0 Å². The van der Waals surface area contributed by atoms with Gasteiger partial charge in [0.25, 0.3) is 0 Å². The van der Waals surface area contributed by atoms with Crippen LogP contribution in [0.15, 0.2) is 52.9 Å². The summed E-state index contributed by atoms with van der Waals surface area (Å²) in [6, 6.07) is 10.7. The molecule has 1 aromatic heterocycles. The summed E-state index contributed by atoms with van der Waals surface area (Å²) in [4.78, 5) is 22.3. The maximum absolute atomic E-state index is 6.02. The maximum Gasteiger partial charge on any atom is 0.351 e. The van der Waals surface area contributed by atoms with Crippen LogP contribution in [0.25, 0.3) is 0 Å². The van der Waals surface area contributed by atoms with Gasteiger partial charge in [-0.3, -0.25) is 9.80 Å². The van der Waals surface area contributed by atoms with Crippen LogP contribution in [-0.4, -0.2) is 61.0 Å². The van der Waals surface area contributed by atoms with Crippen LogP contribution in [0.3, 0.4) is 0 Å². The minimum absolute atomic E-state index is 0.474. The number of hydroxylamine groups is 1. The van der Waals surface area contributed by atoms with Crippen molar-refractivity contribution in [2.75, 3.05) is 53.3 Å². The fourth-order valence-corrected chi connectivity index (χ4v) is 4.78. The minimum atomic E-state index is -1.16. The zero-order valence-corrected chi connectivity index (χ0v) is 19.7. The molecule has 0 spiro atoms. The summed E-state index contributed by atoms with van der Waals surface area (Å²) in [6.45, 7) is 11.1. The van der Waals surface area contributed by atoms with Gasteiger partial charge >= 0.3 is 5.97 Å². The molecule has 1 aromatic carbocycles. The van der Waals surface area contributed by atoms with E-state index in [0.29, 0.717) is 12.8 Å². The Balaban J connectivity index is 1.23. The number of ether oxygens (including phenoxy) is 1. The normalized spacial score (nSPS) is 23.6. The van der Waals surface area contributed by atoms with Crippen molar-refractivity contribution in [2.45, 2.75) is 32.8 Å². The molecule has 34 heavy (non-hydrogen) atoms. The van der Waals surface area contributed by atoms with Crippen LogP contribution in [0.5, 0.6) is 5.75 Å². The lowest BCUT2D eigenvalue weighted by Crippen LogP contribution is -2.51. The van der Waals surface area contributed by atoms with Crippen molar-refractivity contribution < 1.29 is 9.57 Å². The lowest BCUT2D eigenvalue weighted by Gasteiger charge is -2.38. The third-order valence-corrected chi connectivity index (χ3v) is 6.76. The standard InChI is InChI=1S/C24H30N8O2/c1-16(2)30-8-10-31(11-9-30)22-7-4-18(14-25-22)28-24-27-13-17(3)23(29-34-24)32(24)19-5-6-21-20(12-19)26-15-33-21/h4-7,12-14,16,26,28-29H,8-11,15H2,1-3H3. The Kier molecular flexibility index (Phi) is 5.00. The topological polar surface area (TPSA) is 89.5 Å². The second-order valence-corrected chi connectivity index (χ2v) is 9.23. The van der Waals surface area contributed by atoms with Crippen molar-refractivity contribution in [3.8, 4) is 5.75 Å². The number of anilines is 4. The molecule has 1 atom stereocenters. The summed E-state index contributed by atoms with van der Waals surface area (Å²) in [7, 11) is 0. The van der Waals surface area contributed by atoms with Gasteiger partial charge in [0.15, 0.2) is 6.73 Å².